The molecule has 0 aromatic heterocycles. The maximum absolute atomic E-state index is 12.9. The molecule has 3 nitrogen and oxygen atoms in total. The van der Waals surface area contributed by atoms with Crippen LogP contribution in [-0.2, 0) is 4.79 Å². The smallest absolute Gasteiger partial charge is 0.240 e. The van der Waals surface area contributed by atoms with Gasteiger partial charge in [0, 0.05) is 17.1 Å². The highest BCUT2D eigenvalue weighted by Gasteiger charge is 2.22. The van der Waals surface area contributed by atoms with Crippen LogP contribution in [0.3, 0.4) is 0 Å². The Morgan fingerprint density at radius 3 is 2.50 bits per heavy atom. The monoisotopic (exact) mass is 338 g/mol. The molecule has 0 aliphatic carbocycles. The van der Waals surface area contributed by atoms with E-state index in [9.17, 15) is 4.79 Å². The number of nitriles is 1. The third-order valence-electron chi connectivity index (χ3n) is 3.92. The van der Waals surface area contributed by atoms with E-state index >= 15 is 0 Å². The lowest BCUT2D eigenvalue weighted by molar-refractivity contribution is -0.117. The van der Waals surface area contributed by atoms with Crippen LogP contribution in [0.25, 0.3) is 0 Å². The van der Waals surface area contributed by atoms with Crippen LogP contribution < -0.4 is 4.90 Å². The van der Waals surface area contributed by atoms with Gasteiger partial charge in [-0.1, -0.05) is 24.3 Å². The molecule has 124 valence electrons. The van der Waals surface area contributed by atoms with Crippen LogP contribution >= 0.6 is 11.8 Å². The third-order valence-corrected chi connectivity index (χ3v) is 5.00. The van der Waals surface area contributed by atoms with Crippen LogP contribution in [0.1, 0.15) is 24.5 Å². The van der Waals surface area contributed by atoms with E-state index in [2.05, 4.69) is 38.1 Å². The molecule has 0 radical (unpaired) electrons. The Hall–Kier alpha value is -2.25. The molecule has 0 spiro atoms. The van der Waals surface area contributed by atoms with E-state index in [0.29, 0.717) is 13.0 Å². The van der Waals surface area contributed by atoms with Crippen molar-refractivity contribution >= 4 is 23.4 Å². The first-order chi connectivity index (χ1) is 11.5. The highest BCUT2D eigenvalue weighted by molar-refractivity contribution is 8.00. The van der Waals surface area contributed by atoms with Gasteiger partial charge in [0.2, 0.25) is 5.91 Å². The highest BCUT2D eigenvalue weighted by atomic mass is 32.2. The molecule has 2 rings (SSSR count). The van der Waals surface area contributed by atoms with E-state index in [-0.39, 0.29) is 11.2 Å². The Bertz CT molecular complexity index is 737. The fourth-order valence-corrected chi connectivity index (χ4v) is 3.43. The van der Waals surface area contributed by atoms with Crippen LogP contribution in [0, 0.1) is 25.2 Å². The van der Waals surface area contributed by atoms with E-state index in [1.165, 1.54) is 11.1 Å². The Balaban J connectivity index is 2.15. The molecule has 0 N–H and O–H groups in total. The number of hydrogen-bond acceptors (Lipinski definition) is 3. The fourth-order valence-electron chi connectivity index (χ4n) is 2.40. The first-order valence-electron chi connectivity index (χ1n) is 8.00. The summed E-state index contributed by atoms with van der Waals surface area (Å²) in [6.45, 7) is 6.49. The van der Waals surface area contributed by atoms with Gasteiger partial charge in [0.05, 0.1) is 17.7 Å². The molecule has 1 unspecified atom stereocenters. The molecule has 0 saturated carbocycles. The molecule has 1 amide bonds. The molecule has 24 heavy (non-hydrogen) atoms. The zero-order valence-corrected chi connectivity index (χ0v) is 15.1. The fraction of sp³-hybridized carbons (Fsp3) is 0.300. The molecule has 0 fully saturated rings. The van der Waals surface area contributed by atoms with Gasteiger partial charge in [0.15, 0.2) is 0 Å². The summed E-state index contributed by atoms with van der Waals surface area (Å²) in [6, 6.07) is 17.9. The lowest BCUT2D eigenvalue weighted by atomic mass is 10.1. The van der Waals surface area contributed by atoms with Crippen molar-refractivity contribution < 1.29 is 4.79 Å². The van der Waals surface area contributed by atoms with E-state index in [0.717, 1.165) is 10.6 Å². The Kier molecular flexibility index (Phi) is 6.45. The Morgan fingerprint density at radius 1 is 1.17 bits per heavy atom. The second-order valence-electron chi connectivity index (χ2n) is 5.74. The number of benzene rings is 2. The number of carbonyl (C=O) groups excluding carboxylic acids is 1. The predicted molar refractivity (Wildman–Crippen MR) is 100 cm³/mol. The first-order valence-corrected chi connectivity index (χ1v) is 8.88. The summed E-state index contributed by atoms with van der Waals surface area (Å²) in [5, 5.41) is 8.66. The van der Waals surface area contributed by atoms with E-state index in [1.807, 2.05) is 37.3 Å². The zero-order valence-electron chi connectivity index (χ0n) is 14.3. The largest absolute Gasteiger partial charge is 0.310 e. The first kappa shape index (κ1) is 18.1. The van der Waals surface area contributed by atoms with Gasteiger partial charge in [0.1, 0.15) is 0 Å². The second kappa shape index (κ2) is 8.56. The van der Waals surface area contributed by atoms with Gasteiger partial charge >= 0.3 is 0 Å². The molecular formula is C20H22N2OS. The molecule has 0 aliphatic rings. The molecule has 4 heteroatoms. The van der Waals surface area contributed by atoms with Gasteiger partial charge < -0.3 is 4.90 Å². The number of nitrogens with zero attached hydrogens (tertiary/aromatic N) is 2. The predicted octanol–water partition coefficient (Wildman–Crippen LogP) is 4.73. The van der Waals surface area contributed by atoms with Crippen LogP contribution in [0.15, 0.2) is 53.4 Å². The van der Waals surface area contributed by atoms with Crippen molar-refractivity contribution in [2.75, 3.05) is 11.4 Å². The average molecular weight is 338 g/mol. The molecule has 0 saturated heterocycles. The maximum atomic E-state index is 12.9. The molecule has 2 aromatic rings. The van der Waals surface area contributed by atoms with Crippen molar-refractivity contribution in [2.24, 2.45) is 0 Å². The molecule has 2 aromatic carbocycles. The van der Waals surface area contributed by atoms with E-state index in [4.69, 9.17) is 5.26 Å². The summed E-state index contributed by atoms with van der Waals surface area (Å²) in [6.07, 6.45) is 0.321. The number of amides is 1. The van der Waals surface area contributed by atoms with Crippen molar-refractivity contribution in [3.8, 4) is 6.07 Å². The van der Waals surface area contributed by atoms with E-state index < -0.39 is 0 Å². The lowest BCUT2D eigenvalue weighted by Gasteiger charge is -2.25. The number of rotatable bonds is 6. The quantitative estimate of drug-likeness (QED) is 0.715. The molecule has 0 heterocycles. The normalized spacial score (nSPS) is 11.6. The van der Waals surface area contributed by atoms with Crippen molar-refractivity contribution in [2.45, 2.75) is 37.3 Å². The van der Waals surface area contributed by atoms with Crippen molar-refractivity contribution in [1.29, 1.82) is 5.26 Å². The van der Waals surface area contributed by atoms with Gasteiger partial charge in [-0.05, 0) is 56.2 Å². The number of hydrogen-bond donors (Lipinski definition) is 0. The minimum atomic E-state index is -0.217. The number of thioether (sulfide) groups is 1. The summed E-state index contributed by atoms with van der Waals surface area (Å²) in [5.41, 5.74) is 3.31. The summed E-state index contributed by atoms with van der Waals surface area (Å²) in [5.74, 6) is 0.0275. The minimum absolute atomic E-state index is 0.0275. The van der Waals surface area contributed by atoms with Crippen molar-refractivity contribution in [3.05, 3.63) is 59.7 Å². The summed E-state index contributed by atoms with van der Waals surface area (Å²) in [4.78, 5) is 15.7. The average Bonchev–Trinajstić information content (AvgIpc) is 2.59. The maximum Gasteiger partial charge on any atom is 0.240 e. The highest BCUT2D eigenvalue weighted by Crippen LogP contribution is 2.28. The molecular weight excluding hydrogens is 316 g/mol. The number of anilines is 1. The lowest BCUT2D eigenvalue weighted by Crippen LogP contribution is -2.37. The zero-order chi connectivity index (χ0) is 17.5. The summed E-state index contributed by atoms with van der Waals surface area (Å²) < 4.78 is 0. The third kappa shape index (κ3) is 4.62. The van der Waals surface area contributed by atoms with Crippen LogP contribution in [0.4, 0.5) is 5.69 Å². The SMILES string of the molecule is Cc1ccc(SC(C)C(=O)N(CCC#N)c2ccccc2)cc1C. The topological polar surface area (TPSA) is 44.1 Å². The van der Waals surface area contributed by atoms with Crippen LogP contribution in [0.2, 0.25) is 0 Å². The van der Waals surface area contributed by atoms with Crippen molar-refractivity contribution in [3.63, 3.8) is 0 Å². The standard InChI is InChI=1S/C20H22N2OS/c1-15-10-11-19(14-16(15)2)24-17(3)20(23)22(13-7-12-21)18-8-5-4-6-9-18/h4-6,8-11,14,17H,7,13H2,1-3H3. The van der Waals surface area contributed by atoms with Gasteiger partial charge in [-0.25, -0.2) is 0 Å². The van der Waals surface area contributed by atoms with Crippen molar-refractivity contribution in [1.82, 2.24) is 0 Å². The van der Waals surface area contributed by atoms with Gasteiger partial charge in [-0.2, -0.15) is 5.26 Å². The summed E-state index contributed by atoms with van der Waals surface area (Å²) in [7, 11) is 0. The second-order valence-corrected chi connectivity index (χ2v) is 7.15. The molecule has 0 aliphatic heterocycles. The Morgan fingerprint density at radius 2 is 1.88 bits per heavy atom. The molecule has 1 atom stereocenters. The number of aryl methyl sites for hydroxylation is 2. The minimum Gasteiger partial charge on any atom is -0.310 e. The Labute approximate surface area is 148 Å². The van der Waals surface area contributed by atoms with Gasteiger partial charge in [-0.15, -0.1) is 11.8 Å². The van der Waals surface area contributed by atoms with E-state index in [1.54, 1.807) is 16.7 Å². The molecule has 0 bridgehead atoms. The number of carbonyl (C=O) groups is 1. The van der Waals surface area contributed by atoms with Crippen LogP contribution in [-0.4, -0.2) is 17.7 Å². The summed E-state index contributed by atoms with van der Waals surface area (Å²) >= 11 is 1.56. The van der Waals surface area contributed by atoms with Crippen LogP contribution in [0.5, 0.6) is 0 Å². The van der Waals surface area contributed by atoms with Gasteiger partial charge in [0.25, 0.3) is 0 Å². The van der Waals surface area contributed by atoms with Gasteiger partial charge in [-0.3, -0.25) is 4.79 Å². The number of para-hydroxylation sites is 1.